The van der Waals surface area contributed by atoms with Crippen LogP contribution in [-0.2, 0) is 13.0 Å². The largest absolute Gasteiger partial charge is 0.504 e. The fourth-order valence-electron chi connectivity index (χ4n) is 3.04. The summed E-state index contributed by atoms with van der Waals surface area (Å²) in [6, 6.07) is 3.08. The van der Waals surface area contributed by atoms with Crippen LogP contribution in [0.4, 0.5) is 0 Å². The van der Waals surface area contributed by atoms with Crippen LogP contribution in [0.1, 0.15) is 32.7 Å². The molecule has 2 heterocycles. The highest BCUT2D eigenvalue weighted by Gasteiger charge is 2.29. The van der Waals surface area contributed by atoms with E-state index in [0.29, 0.717) is 24.1 Å². The maximum absolute atomic E-state index is 12.7. The number of halogens is 1. The number of nitrogens with one attached hydrogen (secondary N) is 1. The molecular formula is C17H17ClN2O4. The molecule has 3 rings (SSSR count). The first-order valence-electron chi connectivity index (χ1n) is 7.51. The van der Waals surface area contributed by atoms with Gasteiger partial charge in [0, 0.05) is 23.4 Å². The van der Waals surface area contributed by atoms with Crippen LogP contribution < -0.4 is 5.56 Å². The van der Waals surface area contributed by atoms with Gasteiger partial charge in [0.05, 0.1) is 11.6 Å². The van der Waals surface area contributed by atoms with Crippen molar-refractivity contribution in [3.63, 3.8) is 0 Å². The summed E-state index contributed by atoms with van der Waals surface area (Å²) in [7, 11) is 0. The highest BCUT2D eigenvalue weighted by molar-refractivity contribution is 6.33. The van der Waals surface area contributed by atoms with Crippen LogP contribution in [0.5, 0.6) is 11.5 Å². The number of aryl methyl sites for hydroxylation is 2. The van der Waals surface area contributed by atoms with E-state index in [-0.39, 0.29) is 28.6 Å². The zero-order chi connectivity index (χ0) is 17.6. The number of nitrogens with zero attached hydrogens (tertiary/aromatic N) is 1. The van der Waals surface area contributed by atoms with Gasteiger partial charge in [-0.05, 0) is 43.5 Å². The molecule has 0 fully saturated rings. The van der Waals surface area contributed by atoms with Gasteiger partial charge < -0.3 is 20.1 Å². The number of H-pyrrole nitrogens is 1. The molecule has 0 aliphatic carbocycles. The van der Waals surface area contributed by atoms with Gasteiger partial charge in [0.1, 0.15) is 0 Å². The molecule has 1 amide bonds. The minimum atomic E-state index is -0.432. The summed E-state index contributed by atoms with van der Waals surface area (Å²) in [5, 5.41) is 19.4. The molecule has 0 saturated carbocycles. The van der Waals surface area contributed by atoms with Crippen molar-refractivity contribution in [1.82, 2.24) is 9.88 Å². The SMILES string of the molecule is Cc1cc(C)c(CN2CCc3c(cc(O)c(O)c3Cl)C2=O)c(=O)[nH]1. The van der Waals surface area contributed by atoms with E-state index in [0.717, 1.165) is 11.3 Å². The number of carbonyl (C=O) groups is 1. The predicted octanol–water partition coefficient (Wildman–Crippen LogP) is 2.25. The number of phenols is 2. The van der Waals surface area contributed by atoms with Gasteiger partial charge in [-0.3, -0.25) is 9.59 Å². The van der Waals surface area contributed by atoms with Gasteiger partial charge in [0.2, 0.25) is 0 Å². The molecule has 24 heavy (non-hydrogen) atoms. The Kier molecular flexibility index (Phi) is 4.01. The first kappa shape index (κ1) is 16.4. The first-order chi connectivity index (χ1) is 11.3. The summed E-state index contributed by atoms with van der Waals surface area (Å²) in [4.78, 5) is 29.1. The van der Waals surface area contributed by atoms with E-state index in [1.165, 1.54) is 6.07 Å². The summed E-state index contributed by atoms with van der Waals surface area (Å²) in [6.45, 7) is 4.19. The normalized spacial score (nSPS) is 14.0. The van der Waals surface area contributed by atoms with Crippen molar-refractivity contribution in [2.75, 3.05) is 6.54 Å². The van der Waals surface area contributed by atoms with E-state index in [1.807, 2.05) is 13.0 Å². The van der Waals surface area contributed by atoms with Crippen molar-refractivity contribution in [3.05, 3.63) is 55.5 Å². The Labute approximate surface area is 143 Å². The van der Waals surface area contributed by atoms with E-state index < -0.39 is 11.5 Å². The van der Waals surface area contributed by atoms with E-state index in [1.54, 1.807) is 11.8 Å². The first-order valence-corrected chi connectivity index (χ1v) is 7.89. The van der Waals surface area contributed by atoms with Crippen molar-refractivity contribution in [3.8, 4) is 11.5 Å². The van der Waals surface area contributed by atoms with Crippen LogP contribution in [0, 0.1) is 13.8 Å². The second-order valence-corrected chi connectivity index (χ2v) is 6.38. The number of benzene rings is 1. The monoisotopic (exact) mass is 348 g/mol. The van der Waals surface area contributed by atoms with E-state index in [9.17, 15) is 19.8 Å². The van der Waals surface area contributed by atoms with Crippen LogP contribution in [0.25, 0.3) is 0 Å². The van der Waals surface area contributed by atoms with Gasteiger partial charge in [-0.25, -0.2) is 0 Å². The van der Waals surface area contributed by atoms with E-state index in [2.05, 4.69) is 4.98 Å². The lowest BCUT2D eigenvalue weighted by Gasteiger charge is -2.29. The van der Waals surface area contributed by atoms with Gasteiger partial charge >= 0.3 is 0 Å². The van der Waals surface area contributed by atoms with Gasteiger partial charge in [-0.1, -0.05) is 11.6 Å². The fraction of sp³-hybridized carbons (Fsp3) is 0.294. The molecular weight excluding hydrogens is 332 g/mol. The highest BCUT2D eigenvalue weighted by Crippen LogP contribution is 2.40. The van der Waals surface area contributed by atoms with E-state index in [4.69, 9.17) is 11.6 Å². The summed E-state index contributed by atoms with van der Waals surface area (Å²) >= 11 is 6.02. The third-order valence-electron chi connectivity index (χ3n) is 4.31. The average molecular weight is 349 g/mol. The van der Waals surface area contributed by atoms with Gasteiger partial charge in [0.15, 0.2) is 11.5 Å². The number of hydrogen-bond donors (Lipinski definition) is 3. The van der Waals surface area contributed by atoms with Crippen LogP contribution >= 0.6 is 11.6 Å². The number of hydrogen-bond acceptors (Lipinski definition) is 4. The highest BCUT2D eigenvalue weighted by atomic mass is 35.5. The Bertz CT molecular complexity index is 904. The number of pyridine rings is 1. The lowest BCUT2D eigenvalue weighted by molar-refractivity contribution is 0.0725. The van der Waals surface area contributed by atoms with Gasteiger partial charge in [0.25, 0.3) is 11.5 Å². The molecule has 6 nitrogen and oxygen atoms in total. The Morgan fingerprint density at radius 3 is 2.62 bits per heavy atom. The Balaban J connectivity index is 1.97. The maximum atomic E-state index is 12.7. The summed E-state index contributed by atoms with van der Waals surface area (Å²) in [5.41, 5.74) is 2.68. The van der Waals surface area contributed by atoms with Crippen molar-refractivity contribution in [2.24, 2.45) is 0 Å². The van der Waals surface area contributed by atoms with Gasteiger partial charge in [-0.2, -0.15) is 0 Å². The minimum Gasteiger partial charge on any atom is -0.504 e. The van der Waals surface area contributed by atoms with Crippen LogP contribution in [-0.4, -0.2) is 32.5 Å². The quantitative estimate of drug-likeness (QED) is 0.726. The van der Waals surface area contributed by atoms with Crippen molar-refractivity contribution >= 4 is 17.5 Å². The van der Waals surface area contributed by atoms with Crippen molar-refractivity contribution < 1.29 is 15.0 Å². The number of phenolic OH excluding ortho intramolecular Hbond substituents is 2. The van der Waals surface area contributed by atoms with Crippen molar-refractivity contribution in [2.45, 2.75) is 26.8 Å². The average Bonchev–Trinajstić information content (AvgIpc) is 2.51. The number of rotatable bonds is 2. The number of aromatic nitrogens is 1. The lowest BCUT2D eigenvalue weighted by atomic mass is 9.97. The predicted molar refractivity (Wildman–Crippen MR) is 89.8 cm³/mol. The molecule has 1 aromatic carbocycles. The number of carbonyl (C=O) groups excluding carboxylic acids is 1. The molecule has 126 valence electrons. The molecule has 3 N–H and O–H groups in total. The Morgan fingerprint density at radius 1 is 1.25 bits per heavy atom. The topological polar surface area (TPSA) is 93.6 Å². The zero-order valence-corrected chi connectivity index (χ0v) is 14.1. The Hall–Kier alpha value is -2.47. The molecule has 0 atom stereocenters. The molecule has 0 radical (unpaired) electrons. The molecule has 0 unspecified atom stereocenters. The molecule has 1 aliphatic rings. The smallest absolute Gasteiger partial charge is 0.254 e. The second kappa shape index (κ2) is 5.87. The fourth-order valence-corrected chi connectivity index (χ4v) is 3.33. The molecule has 7 heteroatoms. The molecule has 1 aliphatic heterocycles. The number of aromatic hydroxyl groups is 2. The van der Waals surface area contributed by atoms with Gasteiger partial charge in [-0.15, -0.1) is 0 Å². The van der Waals surface area contributed by atoms with Crippen LogP contribution in [0.2, 0.25) is 5.02 Å². The van der Waals surface area contributed by atoms with Crippen LogP contribution in [0.3, 0.4) is 0 Å². The molecule has 2 aromatic rings. The summed E-state index contributed by atoms with van der Waals surface area (Å²) < 4.78 is 0. The zero-order valence-electron chi connectivity index (χ0n) is 13.3. The number of fused-ring (bicyclic) bond motifs is 1. The third-order valence-corrected chi connectivity index (χ3v) is 4.72. The molecule has 1 aromatic heterocycles. The molecule has 0 bridgehead atoms. The molecule has 0 spiro atoms. The summed E-state index contributed by atoms with van der Waals surface area (Å²) in [5.74, 6) is -1.17. The number of aromatic amines is 1. The van der Waals surface area contributed by atoms with Crippen LogP contribution in [0.15, 0.2) is 16.9 Å². The lowest BCUT2D eigenvalue weighted by Crippen LogP contribution is -2.38. The third kappa shape index (κ3) is 2.63. The van der Waals surface area contributed by atoms with E-state index >= 15 is 0 Å². The summed E-state index contributed by atoms with van der Waals surface area (Å²) in [6.07, 6.45) is 0.441. The molecule has 0 saturated heterocycles. The minimum absolute atomic E-state index is 0.00219. The maximum Gasteiger partial charge on any atom is 0.254 e. The Morgan fingerprint density at radius 2 is 1.96 bits per heavy atom. The second-order valence-electron chi connectivity index (χ2n) is 6.00. The van der Waals surface area contributed by atoms with Crippen molar-refractivity contribution in [1.29, 1.82) is 0 Å². The standard InChI is InChI=1S/C17H17ClN2O4/c1-8-5-9(2)19-16(23)12(8)7-20-4-3-10-11(17(20)24)6-13(21)15(22)14(10)18/h5-6,21-22H,3-4,7H2,1-2H3,(H,19,23). The number of amides is 1.